The van der Waals surface area contributed by atoms with E-state index in [0.717, 1.165) is 4.88 Å². The van der Waals surface area contributed by atoms with Crippen LogP contribution in [0.15, 0.2) is 47.8 Å². The third-order valence-corrected chi connectivity index (χ3v) is 6.52. The predicted octanol–water partition coefficient (Wildman–Crippen LogP) is 3.63. The van der Waals surface area contributed by atoms with E-state index in [1.54, 1.807) is 35.6 Å². The van der Waals surface area contributed by atoms with Crippen molar-refractivity contribution in [2.45, 2.75) is 31.6 Å². The second-order valence-electron chi connectivity index (χ2n) is 6.71. The minimum Gasteiger partial charge on any atom is -0.348 e. The highest BCUT2D eigenvalue weighted by molar-refractivity contribution is 8.01. The van der Waals surface area contributed by atoms with Crippen LogP contribution in [-0.4, -0.2) is 28.7 Å². The Morgan fingerprint density at radius 3 is 2.59 bits per heavy atom. The number of benzene rings is 1. The minimum atomic E-state index is -0.511. The lowest BCUT2D eigenvalue weighted by Gasteiger charge is -2.21. The number of carbonyl (C=O) groups is 3. The Morgan fingerprint density at radius 1 is 1.22 bits per heavy atom. The van der Waals surface area contributed by atoms with E-state index in [0.29, 0.717) is 5.69 Å². The standard InChI is InChI=1S/C20H22N2O3S2/c1-13(2)19(15-9-6-10-26-15)21-17(23)12-27-16-11-18(24)22(20(16)25)14-7-4-3-5-8-14/h3-10,13,16,19H,11-12H2,1-2H3,(H,21,23)/t16-,19-/m1/s1. The minimum absolute atomic E-state index is 0.0418. The molecule has 0 spiro atoms. The van der Waals surface area contributed by atoms with Crippen LogP contribution in [0.4, 0.5) is 5.69 Å². The van der Waals surface area contributed by atoms with Crippen molar-refractivity contribution in [1.82, 2.24) is 5.32 Å². The molecule has 0 radical (unpaired) electrons. The van der Waals surface area contributed by atoms with E-state index in [4.69, 9.17) is 0 Å². The highest BCUT2D eigenvalue weighted by Gasteiger charge is 2.40. The number of nitrogens with zero attached hydrogens (tertiary/aromatic N) is 1. The molecular formula is C20H22N2O3S2. The SMILES string of the molecule is CC(C)[C@@H](NC(=O)CS[C@@H]1CC(=O)N(c2ccccc2)C1=O)c1cccs1. The van der Waals surface area contributed by atoms with Gasteiger partial charge in [0.1, 0.15) is 0 Å². The van der Waals surface area contributed by atoms with E-state index in [-0.39, 0.29) is 41.9 Å². The summed E-state index contributed by atoms with van der Waals surface area (Å²) < 4.78 is 0. The molecule has 1 aromatic carbocycles. The lowest BCUT2D eigenvalue weighted by molar-refractivity contribution is -0.121. The number of thiophene rings is 1. The van der Waals surface area contributed by atoms with Crippen LogP contribution < -0.4 is 10.2 Å². The van der Waals surface area contributed by atoms with Crippen molar-refractivity contribution in [2.24, 2.45) is 5.92 Å². The normalized spacial score (nSPS) is 18.2. The van der Waals surface area contributed by atoms with Gasteiger partial charge in [0, 0.05) is 11.3 Å². The fourth-order valence-electron chi connectivity index (χ4n) is 3.01. The Hall–Kier alpha value is -2.12. The van der Waals surface area contributed by atoms with Gasteiger partial charge in [-0.05, 0) is 29.5 Å². The number of carbonyl (C=O) groups excluding carboxylic acids is 3. The molecule has 0 unspecified atom stereocenters. The fraction of sp³-hybridized carbons (Fsp3) is 0.350. The summed E-state index contributed by atoms with van der Waals surface area (Å²) in [5.74, 6) is -0.169. The predicted molar refractivity (Wildman–Crippen MR) is 110 cm³/mol. The first kappa shape index (κ1) is 19.6. The van der Waals surface area contributed by atoms with Crippen LogP contribution >= 0.6 is 23.1 Å². The number of hydrogen-bond donors (Lipinski definition) is 1. The molecule has 5 nitrogen and oxygen atoms in total. The van der Waals surface area contributed by atoms with Crippen molar-refractivity contribution in [2.75, 3.05) is 10.7 Å². The molecule has 2 aromatic rings. The maximum absolute atomic E-state index is 12.6. The molecule has 27 heavy (non-hydrogen) atoms. The first-order chi connectivity index (χ1) is 13.0. The zero-order valence-electron chi connectivity index (χ0n) is 15.3. The van der Waals surface area contributed by atoms with Crippen LogP contribution in [0.3, 0.4) is 0 Å². The largest absolute Gasteiger partial charge is 0.348 e. The van der Waals surface area contributed by atoms with E-state index in [1.165, 1.54) is 16.7 Å². The van der Waals surface area contributed by atoms with Crippen molar-refractivity contribution in [1.29, 1.82) is 0 Å². The van der Waals surface area contributed by atoms with Crippen LogP contribution in [0.25, 0.3) is 0 Å². The van der Waals surface area contributed by atoms with E-state index >= 15 is 0 Å². The van der Waals surface area contributed by atoms with E-state index in [1.807, 2.05) is 23.6 Å². The maximum atomic E-state index is 12.6. The van der Waals surface area contributed by atoms with Gasteiger partial charge in [-0.3, -0.25) is 14.4 Å². The van der Waals surface area contributed by atoms with Gasteiger partial charge in [0.05, 0.1) is 22.7 Å². The smallest absolute Gasteiger partial charge is 0.247 e. The van der Waals surface area contributed by atoms with Crippen LogP contribution in [0.2, 0.25) is 0 Å². The number of para-hydroxylation sites is 1. The molecule has 0 aliphatic carbocycles. The van der Waals surface area contributed by atoms with Crippen molar-refractivity contribution in [3.63, 3.8) is 0 Å². The van der Waals surface area contributed by atoms with Gasteiger partial charge in [0.25, 0.3) is 0 Å². The van der Waals surface area contributed by atoms with Crippen molar-refractivity contribution < 1.29 is 14.4 Å². The average Bonchev–Trinajstić information content (AvgIpc) is 3.26. The Kier molecular flexibility index (Phi) is 6.34. The van der Waals surface area contributed by atoms with Crippen molar-refractivity contribution in [3.8, 4) is 0 Å². The van der Waals surface area contributed by atoms with Crippen molar-refractivity contribution in [3.05, 3.63) is 52.7 Å². The van der Waals surface area contributed by atoms with Gasteiger partial charge < -0.3 is 5.32 Å². The van der Waals surface area contributed by atoms with E-state index < -0.39 is 5.25 Å². The lowest BCUT2D eigenvalue weighted by atomic mass is 10.0. The molecule has 2 heterocycles. The average molecular weight is 403 g/mol. The highest BCUT2D eigenvalue weighted by Crippen LogP contribution is 2.30. The van der Waals surface area contributed by atoms with Crippen LogP contribution in [0, 0.1) is 5.92 Å². The summed E-state index contributed by atoms with van der Waals surface area (Å²) in [4.78, 5) is 39.6. The van der Waals surface area contributed by atoms with Gasteiger partial charge in [-0.2, -0.15) is 0 Å². The number of hydrogen-bond acceptors (Lipinski definition) is 5. The third-order valence-electron chi connectivity index (χ3n) is 4.37. The van der Waals surface area contributed by atoms with Crippen molar-refractivity contribution >= 4 is 46.5 Å². The molecule has 1 saturated heterocycles. The van der Waals surface area contributed by atoms with Gasteiger partial charge in [-0.15, -0.1) is 23.1 Å². The van der Waals surface area contributed by atoms with Crippen LogP contribution in [-0.2, 0) is 14.4 Å². The Labute approximate surface area is 167 Å². The lowest BCUT2D eigenvalue weighted by Crippen LogP contribution is -2.34. The van der Waals surface area contributed by atoms with Crippen LogP contribution in [0.5, 0.6) is 0 Å². The molecule has 7 heteroatoms. The second kappa shape index (κ2) is 8.71. The summed E-state index contributed by atoms with van der Waals surface area (Å²) in [6.07, 6.45) is 0.129. The van der Waals surface area contributed by atoms with Gasteiger partial charge in [0.15, 0.2) is 0 Å². The zero-order valence-corrected chi connectivity index (χ0v) is 16.9. The molecule has 1 aliphatic heterocycles. The Balaban J connectivity index is 1.57. The first-order valence-corrected chi connectivity index (χ1v) is 10.8. The number of nitrogens with one attached hydrogen (secondary N) is 1. The molecule has 1 aliphatic rings. The fourth-order valence-corrected chi connectivity index (χ4v) is 4.90. The first-order valence-electron chi connectivity index (χ1n) is 8.83. The summed E-state index contributed by atoms with van der Waals surface area (Å²) in [7, 11) is 0. The summed E-state index contributed by atoms with van der Waals surface area (Å²) in [6, 6.07) is 12.8. The number of anilines is 1. The Bertz CT molecular complexity index is 806. The monoisotopic (exact) mass is 402 g/mol. The molecule has 1 fully saturated rings. The Morgan fingerprint density at radius 2 is 1.96 bits per heavy atom. The molecule has 3 rings (SSSR count). The van der Waals surface area contributed by atoms with Gasteiger partial charge in [0.2, 0.25) is 17.7 Å². The van der Waals surface area contributed by atoms with E-state index in [2.05, 4.69) is 19.2 Å². The van der Waals surface area contributed by atoms with Gasteiger partial charge in [-0.1, -0.05) is 38.1 Å². The van der Waals surface area contributed by atoms with Gasteiger partial charge in [-0.25, -0.2) is 4.90 Å². The molecule has 142 valence electrons. The molecule has 2 atom stereocenters. The molecule has 1 aromatic heterocycles. The number of thioether (sulfide) groups is 1. The van der Waals surface area contributed by atoms with Crippen LogP contribution in [0.1, 0.15) is 31.2 Å². The maximum Gasteiger partial charge on any atom is 0.247 e. The summed E-state index contributed by atoms with van der Waals surface area (Å²) in [5.41, 5.74) is 0.581. The second-order valence-corrected chi connectivity index (χ2v) is 8.88. The molecule has 3 amide bonds. The molecule has 1 N–H and O–H groups in total. The number of imide groups is 1. The topological polar surface area (TPSA) is 66.5 Å². The highest BCUT2D eigenvalue weighted by atomic mass is 32.2. The summed E-state index contributed by atoms with van der Waals surface area (Å²) in [6.45, 7) is 4.13. The van der Waals surface area contributed by atoms with E-state index in [9.17, 15) is 14.4 Å². The number of amides is 3. The zero-order chi connectivity index (χ0) is 19.4. The number of rotatable bonds is 7. The summed E-state index contributed by atoms with van der Waals surface area (Å²) >= 11 is 2.85. The molecular weight excluding hydrogens is 380 g/mol. The third kappa shape index (κ3) is 4.59. The van der Waals surface area contributed by atoms with Gasteiger partial charge >= 0.3 is 0 Å². The summed E-state index contributed by atoms with van der Waals surface area (Å²) in [5, 5.41) is 4.53. The molecule has 0 saturated carbocycles. The molecule has 0 bridgehead atoms. The quantitative estimate of drug-likeness (QED) is 0.718.